The predicted octanol–water partition coefficient (Wildman–Crippen LogP) is 2.78. The Balaban J connectivity index is 1.49. The summed E-state index contributed by atoms with van der Waals surface area (Å²) >= 11 is 1.55. The van der Waals surface area contributed by atoms with Crippen molar-refractivity contribution in [3.63, 3.8) is 0 Å². The van der Waals surface area contributed by atoms with Crippen LogP contribution in [0.15, 0.2) is 47.6 Å². The van der Waals surface area contributed by atoms with Crippen LogP contribution in [0.4, 0.5) is 8.78 Å². The lowest BCUT2D eigenvalue weighted by atomic mass is 10.0. The van der Waals surface area contributed by atoms with Gasteiger partial charge in [0.05, 0.1) is 6.04 Å². The minimum Gasteiger partial charge on any atom is -0.382 e. The molecule has 1 fully saturated rings. The van der Waals surface area contributed by atoms with Gasteiger partial charge < -0.3 is 10.0 Å². The molecule has 2 aromatic rings. The van der Waals surface area contributed by atoms with Gasteiger partial charge in [-0.1, -0.05) is 54.2 Å². The van der Waals surface area contributed by atoms with Crippen LogP contribution >= 0.6 is 11.8 Å². The standard InChI is InChI=1S/C20H25F2N5O2S/c1-26-19(23-24-25-26)30-14-6-5-13-27-16(10-12-18(27)29)9-11-17(28)20(21,22)15-7-3-2-4-8-15/h2-4,7-9,11,16-17,28H,5-6,10,12-14H2,1H3/t16-,17+/m0/s1. The van der Waals surface area contributed by atoms with E-state index in [1.807, 2.05) is 0 Å². The Labute approximate surface area is 178 Å². The van der Waals surface area contributed by atoms with Crippen LogP contribution in [-0.2, 0) is 17.8 Å². The number of unbranched alkanes of at least 4 members (excludes halogenated alkanes) is 1. The average molecular weight is 438 g/mol. The van der Waals surface area contributed by atoms with Crippen molar-refractivity contribution in [1.29, 1.82) is 0 Å². The van der Waals surface area contributed by atoms with Crippen molar-refractivity contribution in [3.8, 4) is 0 Å². The molecule has 0 unspecified atom stereocenters. The smallest absolute Gasteiger partial charge is 0.302 e. The van der Waals surface area contributed by atoms with Crippen LogP contribution in [0.25, 0.3) is 0 Å². The summed E-state index contributed by atoms with van der Waals surface area (Å²) in [6.07, 6.45) is 3.31. The van der Waals surface area contributed by atoms with Gasteiger partial charge in [-0.2, -0.15) is 8.78 Å². The number of hydrogen-bond donors (Lipinski definition) is 1. The van der Waals surface area contributed by atoms with Crippen molar-refractivity contribution < 1.29 is 18.7 Å². The summed E-state index contributed by atoms with van der Waals surface area (Å²) in [6.45, 7) is 0.552. The monoisotopic (exact) mass is 437 g/mol. The van der Waals surface area contributed by atoms with E-state index in [1.165, 1.54) is 30.3 Å². The highest BCUT2D eigenvalue weighted by atomic mass is 32.2. The number of tetrazole rings is 1. The molecule has 0 bridgehead atoms. The molecule has 7 nitrogen and oxygen atoms in total. The number of halogens is 2. The van der Waals surface area contributed by atoms with Crippen LogP contribution in [0.5, 0.6) is 0 Å². The second-order valence-corrected chi connectivity index (χ2v) is 8.21. The summed E-state index contributed by atoms with van der Waals surface area (Å²) in [4.78, 5) is 13.9. The average Bonchev–Trinajstić information content (AvgIpc) is 3.31. The van der Waals surface area contributed by atoms with Crippen LogP contribution in [-0.4, -0.2) is 60.6 Å². The van der Waals surface area contributed by atoms with Crippen molar-refractivity contribution in [2.45, 2.75) is 48.9 Å². The summed E-state index contributed by atoms with van der Waals surface area (Å²) in [5, 5.41) is 22.0. The molecule has 1 saturated heterocycles. The van der Waals surface area contributed by atoms with Crippen LogP contribution in [0, 0.1) is 0 Å². The molecule has 3 rings (SSSR count). The first-order chi connectivity index (χ1) is 14.4. The number of hydrogen-bond acceptors (Lipinski definition) is 6. The van der Waals surface area contributed by atoms with Crippen LogP contribution < -0.4 is 0 Å². The molecule has 2 atom stereocenters. The third-order valence-corrected chi connectivity index (χ3v) is 6.12. The second kappa shape index (κ2) is 10.1. The number of rotatable bonds is 10. The SMILES string of the molecule is Cn1nnnc1SCCCCN1C(=O)CC[C@@H]1C=C[C@@H](O)C(F)(F)c1ccccc1. The molecule has 2 heterocycles. The fourth-order valence-corrected chi connectivity index (χ4v) is 4.17. The molecular weight excluding hydrogens is 412 g/mol. The number of thioether (sulfide) groups is 1. The number of alkyl halides is 2. The number of aliphatic hydroxyl groups is 1. The van der Waals surface area contributed by atoms with Gasteiger partial charge in [-0.15, -0.1) is 5.10 Å². The molecular formula is C20H25F2N5O2S. The Hall–Kier alpha value is -2.33. The van der Waals surface area contributed by atoms with E-state index < -0.39 is 12.0 Å². The first-order valence-corrected chi connectivity index (χ1v) is 10.8. The Morgan fingerprint density at radius 1 is 1.33 bits per heavy atom. The van der Waals surface area contributed by atoms with Crippen LogP contribution in [0.2, 0.25) is 0 Å². The van der Waals surface area contributed by atoms with Gasteiger partial charge in [0.25, 0.3) is 0 Å². The molecule has 162 valence electrons. The lowest BCUT2D eigenvalue weighted by molar-refractivity contribution is -0.128. The Kier molecular flexibility index (Phi) is 7.54. The van der Waals surface area contributed by atoms with Crippen molar-refractivity contribution in [2.75, 3.05) is 12.3 Å². The number of aromatic nitrogens is 4. The normalized spacial score (nSPS) is 18.5. The summed E-state index contributed by atoms with van der Waals surface area (Å²) in [7, 11) is 1.78. The highest BCUT2D eigenvalue weighted by molar-refractivity contribution is 7.99. The molecule has 0 spiro atoms. The Morgan fingerprint density at radius 3 is 2.80 bits per heavy atom. The summed E-state index contributed by atoms with van der Waals surface area (Å²) in [6, 6.07) is 6.97. The van der Waals surface area contributed by atoms with Gasteiger partial charge >= 0.3 is 5.92 Å². The van der Waals surface area contributed by atoms with E-state index in [0.717, 1.165) is 29.8 Å². The summed E-state index contributed by atoms with van der Waals surface area (Å²) in [5.41, 5.74) is -0.239. The van der Waals surface area contributed by atoms with E-state index in [1.54, 1.807) is 34.5 Å². The summed E-state index contributed by atoms with van der Waals surface area (Å²) in [5.74, 6) is -2.56. The molecule has 1 aliphatic heterocycles. The maximum atomic E-state index is 14.4. The second-order valence-electron chi connectivity index (χ2n) is 7.15. The zero-order chi connectivity index (χ0) is 21.6. The van der Waals surface area contributed by atoms with Gasteiger partial charge in [0.2, 0.25) is 11.1 Å². The van der Waals surface area contributed by atoms with Gasteiger partial charge in [0, 0.05) is 31.3 Å². The lowest BCUT2D eigenvalue weighted by Crippen LogP contribution is -2.34. The molecule has 30 heavy (non-hydrogen) atoms. The zero-order valence-corrected chi connectivity index (χ0v) is 17.5. The highest BCUT2D eigenvalue weighted by Crippen LogP contribution is 2.32. The highest BCUT2D eigenvalue weighted by Gasteiger charge is 2.39. The Bertz CT molecular complexity index is 862. The molecule has 1 aromatic carbocycles. The number of nitrogens with zero attached hydrogens (tertiary/aromatic N) is 5. The van der Waals surface area contributed by atoms with Crippen molar-refractivity contribution in [3.05, 3.63) is 48.0 Å². The van der Waals surface area contributed by atoms with Gasteiger partial charge in [-0.05, 0) is 29.7 Å². The number of aryl methyl sites for hydroxylation is 1. The molecule has 1 aliphatic rings. The summed E-state index contributed by atoms with van der Waals surface area (Å²) < 4.78 is 30.5. The van der Waals surface area contributed by atoms with E-state index in [0.29, 0.717) is 19.4 Å². The molecule has 1 N–H and O–H groups in total. The van der Waals surface area contributed by atoms with E-state index in [2.05, 4.69) is 15.5 Å². The number of aliphatic hydroxyl groups excluding tert-OH is 1. The Morgan fingerprint density at radius 2 is 2.10 bits per heavy atom. The molecule has 1 aromatic heterocycles. The largest absolute Gasteiger partial charge is 0.382 e. The van der Waals surface area contributed by atoms with Crippen LogP contribution in [0.1, 0.15) is 31.2 Å². The predicted molar refractivity (Wildman–Crippen MR) is 109 cm³/mol. The quantitative estimate of drug-likeness (QED) is 0.350. The van der Waals surface area contributed by atoms with E-state index in [9.17, 15) is 18.7 Å². The van der Waals surface area contributed by atoms with Gasteiger partial charge in [0.1, 0.15) is 6.10 Å². The van der Waals surface area contributed by atoms with E-state index >= 15 is 0 Å². The van der Waals surface area contributed by atoms with Gasteiger partial charge in [-0.3, -0.25) is 4.79 Å². The van der Waals surface area contributed by atoms with E-state index in [4.69, 9.17) is 0 Å². The number of carbonyl (C=O) groups excluding carboxylic acids is 1. The first kappa shape index (κ1) is 22.4. The maximum Gasteiger partial charge on any atom is 0.302 e. The third-order valence-electron chi connectivity index (χ3n) is 5.03. The fraction of sp³-hybridized carbons (Fsp3) is 0.500. The number of amides is 1. The maximum absolute atomic E-state index is 14.4. The topological polar surface area (TPSA) is 84.1 Å². The molecule has 0 radical (unpaired) electrons. The fourth-order valence-electron chi connectivity index (χ4n) is 3.32. The molecule has 0 aliphatic carbocycles. The molecule has 10 heteroatoms. The molecule has 0 saturated carbocycles. The van der Waals surface area contributed by atoms with Crippen molar-refractivity contribution in [1.82, 2.24) is 25.1 Å². The molecule has 1 amide bonds. The van der Waals surface area contributed by atoms with Crippen molar-refractivity contribution in [2.24, 2.45) is 7.05 Å². The first-order valence-electron chi connectivity index (χ1n) is 9.84. The van der Waals surface area contributed by atoms with Crippen molar-refractivity contribution >= 4 is 17.7 Å². The van der Waals surface area contributed by atoms with Crippen LogP contribution in [0.3, 0.4) is 0 Å². The van der Waals surface area contributed by atoms with E-state index in [-0.39, 0.29) is 17.5 Å². The van der Waals surface area contributed by atoms with Gasteiger partial charge in [0.15, 0.2) is 0 Å². The van der Waals surface area contributed by atoms with Gasteiger partial charge in [-0.25, -0.2) is 4.68 Å². The third kappa shape index (κ3) is 5.42. The minimum atomic E-state index is -3.39. The number of carbonyl (C=O) groups is 1. The number of benzene rings is 1. The number of likely N-dealkylation sites (tertiary alicyclic amines) is 1. The minimum absolute atomic E-state index is 0.0131. The zero-order valence-electron chi connectivity index (χ0n) is 16.7. The lowest BCUT2D eigenvalue weighted by Gasteiger charge is -2.24.